The Bertz CT molecular complexity index is 1220. The summed E-state index contributed by atoms with van der Waals surface area (Å²) in [6, 6.07) is 0.744. The monoisotopic (exact) mass is 801 g/mol. The van der Waals surface area contributed by atoms with Crippen molar-refractivity contribution >= 4 is 5.84 Å². The summed E-state index contributed by atoms with van der Waals surface area (Å²) >= 11 is 0. The summed E-state index contributed by atoms with van der Waals surface area (Å²) < 4.78 is 0. The first-order chi connectivity index (χ1) is 26.4. The molecule has 0 amide bonds. The normalized spacial score (nSPS) is 26.6. The summed E-state index contributed by atoms with van der Waals surface area (Å²) in [5.41, 5.74) is 17.6. The lowest BCUT2D eigenvalue weighted by molar-refractivity contribution is -0.0884. The molecule has 4 rings (SSSR count). The Morgan fingerprint density at radius 1 is 0.614 bits per heavy atom. The van der Waals surface area contributed by atoms with E-state index in [2.05, 4.69) is 157 Å². The third kappa shape index (κ3) is 12.8. The molecule has 57 heavy (non-hydrogen) atoms. The van der Waals surface area contributed by atoms with E-state index in [1.165, 1.54) is 25.7 Å². The molecule has 0 unspecified atom stereocenters. The van der Waals surface area contributed by atoms with Crippen LogP contribution in [0.4, 0.5) is 0 Å². The molecule has 0 aromatic rings. The Balaban J connectivity index is 1.53. The Hall–Kier alpha value is -1.51. The predicted molar refractivity (Wildman–Crippen MR) is 243 cm³/mol. The molecule has 0 aliphatic carbocycles. The number of hydrogen-bond acceptors (Lipinski definition) is 11. The minimum absolute atomic E-state index is 0.0641. The average molecular weight is 801 g/mol. The molecule has 12 heteroatoms. The molecule has 3 saturated heterocycles. The lowest BCUT2D eigenvalue weighted by atomic mass is 9.72. The Kier molecular flexibility index (Phi) is 16.4. The summed E-state index contributed by atoms with van der Waals surface area (Å²) in [5.74, 6) is 2.84. The lowest BCUT2D eigenvalue weighted by Gasteiger charge is -2.61. The van der Waals surface area contributed by atoms with Crippen molar-refractivity contribution in [2.24, 2.45) is 16.6 Å². The minimum Gasteiger partial charge on any atom is -0.351 e. The second-order valence-electron chi connectivity index (χ2n) is 22.1. The van der Waals surface area contributed by atoms with Crippen LogP contribution >= 0.6 is 0 Å². The highest BCUT2D eigenvalue weighted by Gasteiger charge is 2.51. The number of nitrogens with two attached hydrogens (primary N) is 1. The van der Waals surface area contributed by atoms with Gasteiger partial charge in [0.05, 0.1) is 0 Å². The zero-order chi connectivity index (χ0) is 42.5. The first-order valence-electron chi connectivity index (χ1n) is 22.9. The maximum absolute atomic E-state index is 5.63. The lowest BCUT2D eigenvalue weighted by Crippen LogP contribution is -2.69. The Morgan fingerprint density at radius 3 is 1.54 bits per heavy atom. The van der Waals surface area contributed by atoms with Crippen LogP contribution in [-0.4, -0.2) is 143 Å². The van der Waals surface area contributed by atoms with Crippen LogP contribution in [0.5, 0.6) is 0 Å². The van der Waals surface area contributed by atoms with E-state index in [0.717, 1.165) is 108 Å². The van der Waals surface area contributed by atoms with Gasteiger partial charge in [-0.3, -0.25) is 30.5 Å². The van der Waals surface area contributed by atoms with Crippen LogP contribution in [0.2, 0.25) is 0 Å². The molecular weight excluding hydrogens is 709 g/mol. The van der Waals surface area contributed by atoms with Crippen LogP contribution in [0.25, 0.3) is 0 Å². The van der Waals surface area contributed by atoms with Crippen LogP contribution in [-0.2, 0) is 0 Å². The van der Waals surface area contributed by atoms with Gasteiger partial charge in [-0.1, -0.05) is 18.1 Å². The van der Waals surface area contributed by atoms with Crippen LogP contribution in [0.3, 0.4) is 0 Å². The van der Waals surface area contributed by atoms with Gasteiger partial charge in [0.1, 0.15) is 11.7 Å². The van der Waals surface area contributed by atoms with E-state index in [1.807, 2.05) is 5.23 Å². The van der Waals surface area contributed by atoms with Gasteiger partial charge in [-0.2, -0.15) is 0 Å². The van der Waals surface area contributed by atoms with Gasteiger partial charge in [0.25, 0.3) is 0 Å². The topological polar surface area (TPSA) is 115 Å². The molecule has 0 bridgehead atoms. The second kappa shape index (κ2) is 19.5. The summed E-state index contributed by atoms with van der Waals surface area (Å²) in [6.45, 7) is 35.4. The number of amidine groups is 1. The molecule has 0 radical (unpaired) electrons. The molecule has 4 heterocycles. The molecule has 0 aromatic heterocycles. The van der Waals surface area contributed by atoms with Crippen LogP contribution in [0.1, 0.15) is 154 Å². The maximum atomic E-state index is 5.63. The molecular formula is C45H92N12. The molecule has 332 valence electrons. The molecule has 0 spiro atoms. The van der Waals surface area contributed by atoms with E-state index in [9.17, 15) is 0 Å². The van der Waals surface area contributed by atoms with E-state index in [-0.39, 0.29) is 33.2 Å². The van der Waals surface area contributed by atoms with Crippen molar-refractivity contribution in [3.63, 3.8) is 0 Å². The van der Waals surface area contributed by atoms with E-state index in [0.29, 0.717) is 12.1 Å². The van der Waals surface area contributed by atoms with Gasteiger partial charge in [-0.25, -0.2) is 5.43 Å². The van der Waals surface area contributed by atoms with Gasteiger partial charge in [0, 0.05) is 77.6 Å². The van der Waals surface area contributed by atoms with Gasteiger partial charge in [-0.05, 0) is 188 Å². The highest BCUT2D eigenvalue weighted by Crippen LogP contribution is 2.46. The molecule has 4 aliphatic rings. The number of unbranched alkanes of at least 4 members (excludes halogenated alkanes) is 1. The number of rotatable bonds is 19. The number of hydrogen-bond donors (Lipinski definition) is 6. The smallest absolute Gasteiger partial charge is 0.141 e. The number of aliphatic imine (C=N–C) groups is 1. The zero-order valence-electron chi connectivity index (χ0n) is 39.8. The first-order valence-corrected chi connectivity index (χ1v) is 22.9. The van der Waals surface area contributed by atoms with Gasteiger partial charge in [-0.15, -0.1) is 0 Å². The van der Waals surface area contributed by atoms with E-state index in [4.69, 9.17) is 10.7 Å². The van der Waals surface area contributed by atoms with Gasteiger partial charge >= 0.3 is 0 Å². The van der Waals surface area contributed by atoms with Crippen molar-refractivity contribution in [1.29, 1.82) is 0 Å². The standard InChI is InChI=1S/C45H92N12/c1-40(2)29-35(30-41(3,4)53(40)13)20-16-17-25-50-57-51-38(49-24-19-23-48-27-26-47-22-18-21-46)28-39(52-57)56(36-31-42(5,6)54(14)43(7,8)32-36)37-33-44(9,10)55(15)45(11,12)34-37/h28,35-37,47-48,50,52H,16-27,29-34,46H2,1-15H3,(H,49,51). The van der Waals surface area contributed by atoms with Crippen molar-refractivity contribution < 1.29 is 0 Å². The highest BCUT2D eigenvalue weighted by molar-refractivity contribution is 5.93. The van der Waals surface area contributed by atoms with E-state index < -0.39 is 0 Å². The molecule has 4 aliphatic heterocycles. The average Bonchev–Trinajstić information content (AvgIpc) is 3.08. The maximum Gasteiger partial charge on any atom is 0.141 e. The minimum atomic E-state index is 0.0641. The quantitative estimate of drug-likeness (QED) is 0.0913. The largest absolute Gasteiger partial charge is 0.351 e. The van der Waals surface area contributed by atoms with Gasteiger partial charge < -0.3 is 21.3 Å². The third-order valence-corrected chi connectivity index (χ3v) is 14.9. The van der Waals surface area contributed by atoms with E-state index in [1.54, 1.807) is 0 Å². The third-order valence-electron chi connectivity index (χ3n) is 14.9. The fourth-order valence-corrected chi connectivity index (χ4v) is 11.1. The molecule has 0 aromatic carbocycles. The first kappa shape index (κ1) is 48.2. The molecule has 0 atom stereocenters. The highest BCUT2D eigenvalue weighted by atomic mass is 15.9. The fraction of sp³-hybridized carbons (Fsp3) is 0.933. The zero-order valence-corrected chi connectivity index (χ0v) is 39.8. The Labute approximate surface area is 351 Å². The predicted octanol–water partition coefficient (Wildman–Crippen LogP) is 5.65. The number of piperidine rings is 3. The van der Waals surface area contributed by atoms with Crippen molar-refractivity contribution in [2.75, 3.05) is 67.0 Å². The number of nitrogens with zero attached hydrogens (tertiary/aromatic N) is 6. The Morgan fingerprint density at radius 2 is 1.07 bits per heavy atom. The number of hydrazine groups is 3. The summed E-state index contributed by atoms with van der Waals surface area (Å²) in [6.07, 6.45) is 14.9. The number of nitrogens with one attached hydrogen (secondary N) is 5. The van der Waals surface area contributed by atoms with Gasteiger partial charge in [0.2, 0.25) is 0 Å². The van der Waals surface area contributed by atoms with Crippen LogP contribution < -0.4 is 32.6 Å². The molecule has 0 saturated carbocycles. The second-order valence-corrected chi connectivity index (χ2v) is 22.1. The summed E-state index contributed by atoms with van der Waals surface area (Å²) in [7, 11) is 6.95. The van der Waals surface area contributed by atoms with Crippen molar-refractivity contribution in [3.05, 3.63) is 11.9 Å². The van der Waals surface area contributed by atoms with Gasteiger partial charge in [0.15, 0.2) is 0 Å². The fourth-order valence-electron chi connectivity index (χ4n) is 11.1. The molecule has 12 nitrogen and oxygen atoms in total. The van der Waals surface area contributed by atoms with Crippen molar-refractivity contribution in [1.82, 2.24) is 51.7 Å². The molecule has 3 fully saturated rings. The SMILES string of the molecule is CN1C(C)(C)CC(CCCCNN2NC(N(C3CC(C)(C)N(C)C(C)(C)C3)C3CC(C)(C)N(C)C(C)(C)C3)=CC(=NCCCNCCNCCCN)N2)CC1(C)C. The van der Waals surface area contributed by atoms with E-state index >= 15 is 0 Å². The van der Waals surface area contributed by atoms with Crippen molar-refractivity contribution in [3.8, 4) is 0 Å². The molecule has 7 N–H and O–H groups in total. The summed E-state index contributed by atoms with van der Waals surface area (Å²) in [5, 5.41) is 9.06. The van der Waals surface area contributed by atoms with Crippen LogP contribution in [0.15, 0.2) is 16.9 Å². The van der Waals surface area contributed by atoms with Crippen LogP contribution in [0, 0.1) is 5.92 Å². The van der Waals surface area contributed by atoms with Crippen molar-refractivity contribution in [2.45, 2.75) is 199 Å². The summed E-state index contributed by atoms with van der Waals surface area (Å²) in [4.78, 5) is 15.8. The number of likely N-dealkylation sites (tertiary alicyclic amines) is 3.